The lowest BCUT2D eigenvalue weighted by molar-refractivity contribution is -0.119. The molecule has 0 aliphatic carbocycles. The van der Waals surface area contributed by atoms with Crippen molar-refractivity contribution in [1.82, 2.24) is 20.4 Å². The van der Waals surface area contributed by atoms with E-state index >= 15 is 0 Å². The third-order valence-corrected chi connectivity index (χ3v) is 4.85. The topological polar surface area (TPSA) is 89.2 Å². The maximum atomic E-state index is 12.1. The summed E-state index contributed by atoms with van der Waals surface area (Å²) in [5.74, 6) is 0.593. The van der Waals surface area contributed by atoms with E-state index in [2.05, 4.69) is 20.4 Å². The molecule has 0 saturated heterocycles. The molecule has 0 spiro atoms. The fourth-order valence-electron chi connectivity index (χ4n) is 2.69. The number of amides is 2. The van der Waals surface area contributed by atoms with Gasteiger partial charge in [-0.15, -0.1) is 0 Å². The lowest BCUT2D eigenvalue weighted by atomic mass is 10.2. The van der Waals surface area contributed by atoms with Crippen LogP contribution in [0.5, 0.6) is 0 Å². The molecular weight excluding hydrogens is 352 g/mol. The molecule has 7 nitrogen and oxygen atoms in total. The maximum absolute atomic E-state index is 12.1. The van der Waals surface area contributed by atoms with Crippen LogP contribution in [0.25, 0.3) is 11.0 Å². The SMILES string of the molecule is CCn1c(SCC(=O)NNC(=O)c2cc(C)oc2C)nc2ccccc21. The van der Waals surface area contributed by atoms with Gasteiger partial charge in [0.1, 0.15) is 11.5 Å². The first kappa shape index (κ1) is 18.1. The van der Waals surface area contributed by atoms with Crippen LogP contribution in [0.4, 0.5) is 0 Å². The Kier molecular flexibility index (Phi) is 5.32. The number of para-hydroxylation sites is 2. The predicted molar refractivity (Wildman–Crippen MR) is 99.9 cm³/mol. The molecule has 0 fully saturated rings. The summed E-state index contributed by atoms with van der Waals surface area (Å²) in [5.41, 5.74) is 7.17. The van der Waals surface area contributed by atoms with Crippen LogP contribution in [0.3, 0.4) is 0 Å². The highest BCUT2D eigenvalue weighted by Gasteiger charge is 2.15. The average molecular weight is 372 g/mol. The number of hydrogen-bond donors (Lipinski definition) is 2. The normalized spacial score (nSPS) is 10.9. The Labute approximate surface area is 155 Å². The number of benzene rings is 1. The Morgan fingerprint density at radius 1 is 1.23 bits per heavy atom. The number of hydrazine groups is 1. The van der Waals surface area contributed by atoms with E-state index in [-0.39, 0.29) is 11.7 Å². The molecule has 0 aliphatic heterocycles. The summed E-state index contributed by atoms with van der Waals surface area (Å²) < 4.78 is 7.37. The van der Waals surface area contributed by atoms with E-state index in [4.69, 9.17) is 4.42 Å². The predicted octanol–water partition coefficient (Wildman–Crippen LogP) is 2.82. The largest absolute Gasteiger partial charge is 0.466 e. The second-order valence-electron chi connectivity index (χ2n) is 5.75. The first-order valence-corrected chi connectivity index (χ1v) is 9.22. The summed E-state index contributed by atoms with van der Waals surface area (Å²) in [6.45, 7) is 6.27. The van der Waals surface area contributed by atoms with Crippen molar-refractivity contribution < 1.29 is 14.0 Å². The van der Waals surface area contributed by atoms with Gasteiger partial charge in [-0.05, 0) is 39.0 Å². The number of rotatable bonds is 5. The molecule has 0 radical (unpaired) electrons. The van der Waals surface area contributed by atoms with Crippen LogP contribution in [0, 0.1) is 13.8 Å². The monoisotopic (exact) mass is 372 g/mol. The van der Waals surface area contributed by atoms with Gasteiger partial charge in [-0.3, -0.25) is 20.4 Å². The molecule has 0 saturated carbocycles. The van der Waals surface area contributed by atoms with Gasteiger partial charge in [-0.25, -0.2) is 4.98 Å². The van der Waals surface area contributed by atoms with Gasteiger partial charge in [0.15, 0.2) is 5.16 Å². The second-order valence-corrected chi connectivity index (χ2v) is 6.69. The Morgan fingerprint density at radius 2 is 2.00 bits per heavy atom. The number of fused-ring (bicyclic) bond motifs is 1. The Morgan fingerprint density at radius 3 is 2.69 bits per heavy atom. The zero-order valence-electron chi connectivity index (χ0n) is 14.8. The lowest BCUT2D eigenvalue weighted by Gasteiger charge is -2.07. The molecule has 136 valence electrons. The number of carbonyl (C=O) groups excluding carboxylic acids is 2. The summed E-state index contributed by atoms with van der Waals surface area (Å²) >= 11 is 1.33. The number of imidazole rings is 1. The number of thioether (sulfide) groups is 1. The van der Waals surface area contributed by atoms with Gasteiger partial charge in [-0.2, -0.15) is 0 Å². The molecule has 8 heteroatoms. The third-order valence-electron chi connectivity index (χ3n) is 3.87. The highest BCUT2D eigenvalue weighted by molar-refractivity contribution is 7.99. The van der Waals surface area contributed by atoms with Crippen molar-refractivity contribution in [3.8, 4) is 0 Å². The number of nitrogens with one attached hydrogen (secondary N) is 2. The van der Waals surface area contributed by atoms with E-state index < -0.39 is 5.91 Å². The number of nitrogens with zero attached hydrogens (tertiary/aromatic N) is 2. The third kappa shape index (κ3) is 3.75. The summed E-state index contributed by atoms with van der Waals surface area (Å²) in [4.78, 5) is 28.7. The van der Waals surface area contributed by atoms with Crippen molar-refractivity contribution in [1.29, 1.82) is 0 Å². The fourth-order valence-corrected chi connectivity index (χ4v) is 3.56. The second kappa shape index (κ2) is 7.65. The molecule has 3 aromatic rings. The van der Waals surface area contributed by atoms with Crippen molar-refractivity contribution in [2.45, 2.75) is 32.5 Å². The highest BCUT2D eigenvalue weighted by atomic mass is 32.2. The van der Waals surface area contributed by atoms with Crippen LogP contribution in [0.2, 0.25) is 0 Å². The minimum absolute atomic E-state index is 0.146. The number of hydrogen-bond acceptors (Lipinski definition) is 5. The van der Waals surface area contributed by atoms with E-state index in [0.29, 0.717) is 17.1 Å². The van der Waals surface area contributed by atoms with Crippen LogP contribution in [0.1, 0.15) is 28.8 Å². The van der Waals surface area contributed by atoms with Gasteiger partial charge in [0.2, 0.25) is 5.91 Å². The van der Waals surface area contributed by atoms with Crippen molar-refractivity contribution in [3.05, 3.63) is 47.4 Å². The van der Waals surface area contributed by atoms with Crippen LogP contribution in [0.15, 0.2) is 39.9 Å². The van der Waals surface area contributed by atoms with E-state index in [1.165, 1.54) is 11.8 Å². The Hall–Kier alpha value is -2.74. The van der Waals surface area contributed by atoms with Crippen LogP contribution < -0.4 is 10.9 Å². The Balaban J connectivity index is 1.58. The molecule has 2 amide bonds. The molecule has 2 aromatic heterocycles. The summed E-state index contributed by atoms with van der Waals surface area (Å²) in [7, 11) is 0. The molecule has 2 N–H and O–H groups in total. The van der Waals surface area contributed by atoms with Gasteiger partial charge >= 0.3 is 0 Å². The number of aromatic nitrogens is 2. The molecule has 26 heavy (non-hydrogen) atoms. The van der Waals surface area contributed by atoms with Crippen LogP contribution >= 0.6 is 11.8 Å². The number of carbonyl (C=O) groups is 2. The van der Waals surface area contributed by atoms with Gasteiger partial charge in [0, 0.05) is 6.54 Å². The highest BCUT2D eigenvalue weighted by Crippen LogP contribution is 2.23. The van der Waals surface area contributed by atoms with E-state index in [0.717, 1.165) is 22.7 Å². The van der Waals surface area contributed by atoms with Gasteiger partial charge in [0.25, 0.3) is 5.91 Å². The quantitative estimate of drug-likeness (QED) is 0.531. The van der Waals surface area contributed by atoms with Crippen molar-refractivity contribution in [3.63, 3.8) is 0 Å². The van der Waals surface area contributed by atoms with E-state index in [9.17, 15) is 9.59 Å². The molecular formula is C18H20N4O3S. The fraction of sp³-hybridized carbons (Fsp3) is 0.278. The van der Waals surface area contributed by atoms with E-state index in [1.54, 1.807) is 19.9 Å². The zero-order valence-corrected chi connectivity index (χ0v) is 15.6. The minimum atomic E-state index is -0.404. The molecule has 3 rings (SSSR count). The maximum Gasteiger partial charge on any atom is 0.273 e. The molecule has 0 bridgehead atoms. The minimum Gasteiger partial charge on any atom is -0.466 e. The summed E-state index contributed by atoms with van der Waals surface area (Å²) in [6, 6.07) is 9.49. The summed E-state index contributed by atoms with van der Waals surface area (Å²) in [5, 5.41) is 0.775. The standard InChI is InChI=1S/C18H20N4O3S/c1-4-22-15-8-6-5-7-14(15)19-18(22)26-10-16(23)20-21-17(24)13-9-11(2)25-12(13)3/h5-9H,4,10H2,1-3H3,(H,20,23)(H,21,24). The van der Waals surface area contributed by atoms with Gasteiger partial charge in [0.05, 0.1) is 22.3 Å². The molecule has 0 atom stereocenters. The smallest absolute Gasteiger partial charge is 0.273 e. The first-order valence-electron chi connectivity index (χ1n) is 8.24. The summed E-state index contributed by atoms with van der Waals surface area (Å²) in [6.07, 6.45) is 0. The molecule has 1 aromatic carbocycles. The Bertz CT molecular complexity index is 961. The zero-order chi connectivity index (χ0) is 18.7. The molecule has 2 heterocycles. The van der Waals surface area contributed by atoms with Crippen LogP contribution in [-0.4, -0.2) is 27.1 Å². The van der Waals surface area contributed by atoms with Crippen molar-refractivity contribution in [2.24, 2.45) is 0 Å². The van der Waals surface area contributed by atoms with Gasteiger partial charge in [-0.1, -0.05) is 23.9 Å². The van der Waals surface area contributed by atoms with Crippen LogP contribution in [-0.2, 0) is 11.3 Å². The van der Waals surface area contributed by atoms with E-state index in [1.807, 2.05) is 31.2 Å². The number of furan rings is 1. The molecule has 0 aliphatic rings. The van der Waals surface area contributed by atoms with Crippen molar-refractivity contribution >= 4 is 34.6 Å². The van der Waals surface area contributed by atoms with Crippen molar-refractivity contribution in [2.75, 3.05) is 5.75 Å². The lowest BCUT2D eigenvalue weighted by Crippen LogP contribution is -2.42. The number of aryl methyl sites for hydroxylation is 3. The average Bonchev–Trinajstić information content (AvgIpc) is 3.16. The first-order chi connectivity index (χ1) is 12.5. The molecule has 0 unspecified atom stereocenters. The van der Waals surface area contributed by atoms with Gasteiger partial charge < -0.3 is 8.98 Å².